The first-order chi connectivity index (χ1) is 9.72. The largest absolute Gasteiger partial charge is 0.496 e. The van der Waals surface area contributed by atoms with Gasteiger partial charge in [-0.3, -0.25) is 0 Å². The Balaban J connectivity index is 2.43. The highest BCUT2D eigenvalue weighted by molar-refractivity contribution is 9.10. The molecule has 1 N–H and O–H groups in total. The average molecular weight is 342 g/mol. The number of halogens is 1. The van der Waals surface area contributed by atoms with Crippen LogP contribution in [-0.4, -0.2) is 14.2 Å². The van der Waals surface area contributed by atoms with Gasteiger partial charge in [0.2, 0.25) is 0 Å². The Labute approximate surface area is 132 Å². The SMILES string of the molecule is CCCCCCCCC(NC)c1ccc(OC)c(Br)c1. The first-order valence-electron chi connectivity index (χ1n) is 7.73. The third-order valence-electron chi connectivity index (χ3n) is 3.77. The van der Waals surface area contributed by atoms with E-state index in [9.17, 15) is 0 Å². The fourth-order valence-corrected chi connectivity index (χ4v) is 3.06. The molecule has 0 spiro atoms. The molecule has 2 nitrogen and oxygen atoms in total. The maximum atomic E-state index is 5.28. The van der Waals surface area contributed by atoms with E-state index in [0.717, 1.165) is 10.2 Å². The Morgan fingerprint density at radius 1 is 1.15 bits per heavy atom. The zero-order chi connectivity index (χ0) is 14.8. The normalized spacial score (nSPS) is 12.4. The lowest BCUT2D eigenvalue weighted by molar-refractivity contribution is 0.411. The molecule has 114 valence electrons. The molecule has 0 heterocycles. The van der Waals surface area contributed by atoms with Crippen molar-refractivity contribution in [2.24, 2.45) is 0 Å². The molecule has 0 saturated heterocycles. The van der Waals surface area contributed by atoms with Crippen molar-refractivity contribution in [3.05, 3.63) is 28.2 Å². The quantitative estimate of drug-likeness (QED) is 0.569. The van der Waals surface area contributed by atoms with Crippen LogP contribution in [0.4, 0.5) is 0 Å². The number of ether oxygens (including phenoxy) is 1. The molecular weight excluding hydrogens is 314 g/mol. The summed E-state index contributed by atoms with van der Waals surface area (Å²) >= 11 is 3.56. The van der Waals surface area contributed by atoms with E-state index in [1.165, 1.54) is 50.5 Å². The number of unbranched alkanes of at least 4 members (excludes halogenated alkanes) is 5. The van der Waals surface area contributed by atoms with Gasteiger partial charge in [0.25, 0.3) is 0 Å². The molecule has 0 aromatic heterocycles. The molecule has 0 fully saturated rings. The van der Waals surface area contributed by atoms with E-state index in [4.69, 9.17) is 4.74 Å². The molecule has 0 radical (unpaired) electrons. The van der Waals surface area contributed by atoms with Crippen molar-refractivity contribution >= 4 is 15.9 Å². The number of rotatable bonds is 10. The Hall–Kier alpha value is -0.540. The summed E-state index contributed by atoms with van der Waals surface area (Å²) in [5.41, 5.74) is 1.33. The molecule has 1 rings (SSSR count). The molecule has 0 aliphatic carbocycles. The third-order valence-corrected chi connectivity index (χ3v) is 4.39. The Kier molecular flexibility index (Phi) is 8.95. The van der Waals surface area contributed by atoms with Crippen LogP contribution in [0.25, 0.3) is 0 Å². The van der Waals surface area contributed by atoms with Gasteiger partial charge in [0, 0.05) is 6.04 Å². The molecule has 1 aromatic rings. The fourth-order valence-electron chi connectivity index (χ4n) is 2.51. The predicted molar refractivity (Wildman–Crippen MR) is 90.5 cm³/mol. The van der Waals surface area contributed by atoms with Gasteiger partial charge in [-0.1, -0.05) is 51.5 Å². The maximum absolute atomic E-state index is 5.28. The molecule has 1 aromatic carbocycles. The first kappa shape index (κ1) is 17.5. The van der Waals surface area contributed by atoms with Crippen LogP contribution in [0.15, 0.2) is 22.7 Å². The number of benzene rings is 1. The molecule has 0 aliphatic heterocycles. The van der Waals surface area contributed by atoms with Gasteiger partial charge < -0.3 is 10.1 Å². The van der Waals surface area contributed by atoms with Crippen LogP contribution in [0, 0.1) is 0 Å². The zero-order valence-corrected chi connectivity index (χ0v) is 14.6. The van der Waals surface area contributed by atoms with Gasteiger partial charge in [-0.05, 0) is 47.1 Å². The molecule has 3 heteroatoms. The molecule has 1 atom stereocenters. The van der Waals surface area contributed by atoms with Crippen molar-refractivity contribution in [2.45, 2.75) is 57.9 Å². The first-order valence-corrected chi connectivity index (χ1v) is 8.53. The summed E-state index contributed by atoms with van der Waals surface area (Å²) in [4.78, 5) is 0. The summed E-state index contributed by atoms with van der Waals surface area (Å²) in [7, 11) is 3.74. The Bertz CT molecular complexity index is 381. The van der Waals surface area contributed by atoms with Crippen molar-refractivity contribution < 1.29 is 4.74 Å². The highest BCUT2D eigenvalue weighted by Gasteiger charge is 2.11. The average Bonchev–Trinajstić information content (AvgIpc) is 2.46. The van der Waals surface area contributed by atoms with E-state index < -0.39 is 0 Å². The zero-order valence-electron chi connectivity index (χ0n) is 13.0. The van der Waals surface area contributed by atoms with Gasteiger partial charge in [-0.25, -0.2) is 0 Å². The van der Waals surface area contributed by atoms with Crippen LogP contribution in [-0.2, 0) is 0 Å². The summed E-state index contributed by atoms with van der Waals surface area (Å²) in [5.74, 6) is 0.892. The van der Waals surface area contributed by atoms with Crippen molar-refractivity contribution in [1.82, 2.24) is 5.32 Å². The van der Waals surface area contributed by atoms with E-state index in [2.05, 4.69) is 40.3 Å². The van der Waals surface area contributed by atoms with Gasteiger partial charge in [0.05, 0.1) is 11.6 Å². The second-order valence-electron chi connectivity index (χ2n) is 5.29. The minimum Gasteiger partial charge on any atom is -0.496 e. The van der Waals surface area contributed by atoms with Crippen molar-refractivity contribution in [2.75, 3.05) is 14.2 Å². The van der Waals surface area contributed by atoms with Crippen LogP contribution >= 0.6 is 15.9 Å². The molecule has 0 aliphatic rings. The lowest BCUT2D eigenvalue weighted by Crippen LogP contribution is -2.16. The van der Waals surface area contributed by atoms with Gasteiger partial charge in [-0.15, -0.1) is 0 Å². The van der Waals surface area contributed by atoms with Crippen LogP contribution < -0.4 is 10.1 Å². The van der Waals surface area contributed by atoms with Gasteiger partial charge in [-0.2, -0.15) is 0 Å². The number of methoxy groups -OCH3 is 1. The van der Waals surface area contributed by atoms with Crippen molar-refractivity contribution in [1.29, 1.82) is 0 Å². The second kappa shape index (κ2) is 10.2. The summed E-state index contributed by atoms with van der Waals surface area (Å²) < 4.78 is 6.31. The minimum atomic E-state index is 0.434. The molecule has 0 amide bonds. The monoisotopic (exact) mass is 341 g/mol. The topological polar surface area (TPSA) is 21.3 Å². The Morgan fingerprint density at radius 2 is 1.85 bits per heavy atom. The van der Waals surface area contributed by atoms with E-state index in [0.29, 0.717) is 6.04 Å². The molecule has 1 unspecified atom stereocenters. The number of hydrogen-bond donors (Lipinski definition) is 1. The number of nitrogens with one attached hydrogen (secondary N) is 1. The van der Waals surface area contributed by atoms with Crippen LogP contribution in [0.1, 0.15) is 63.5 Å². The lowest BCUT2D eigenvalue weighted by atomic mass is 9.99. The maximum Gasteiger partial charge on any atom is 0.133 e. The van der Waals surface area contributed by atoms with E-state index >= 15 is 0 Å². The van der Waals surface area contributed by atoms with Crippen LogP contribution in [0.5, 0.6) is 5.75 Å². The second-order valence-corrected chi connectivity index (χ2v) is 6.15. The molecular formula is C17H28BrNO. The van der Waals surface area contributed by atoms with Gasteiger partial charge >= 0.3 is 0 Å². The van der Waals surface area contributed by atoms with E-state index in [1.807, 2.05) is 13.1 Å². The van der Waals surface area contributed by atoms with Gasteiger partial charge in [0.15, 0.2) is 0 Å². The van der Waals surface area contributed by atoms with Gasteiger partial charge in [0.1, 0.15) is 5.75 Å². The summed E-state index contributed by atoms with van der Waals surface area (Å²) in [5, 5.41) is 3.42. The highest BCUT2D eigenvalue weighted by atomic mass is 79.9. The minimum absolute atomic E-state index is 0.434. The summed E-state index contributed by atoms with van der Waals surface area (Å²) in [6.07, 6.45) is 9.28. The third kappa shape index (κ3) is 5.84. The summed E-state index contributed by atoms with van der Waals surface area (Å²) in [6, 6.07) is 6.78. The van der Waals surface area contributed by atoms with Crippen molar-refractivity contribution in [3.8, 4) is 5.75 Å². The predicted octanol–water partition coefficient (Wildman–Crippen LogP) is 5.47. The van der Waals surface area contributed by atoms with Crippen LogP contribution in [0.3, 0.4) is 0 Å². The number of hydrogen-bond acceptors (Lipinski definition) is 2. The Morgan fingerprint density at radius 3 is 2.45 bits per heavy atom. The highest BCUT2D eigenvalue weighted by Crippen LogP contribution is 2.29. The molecule has 0 bridgehead atoms. The lowest BCUT2D eigenvalue weighted by Gasteiger charge is -2.17. The van der Waals surface area contributed by atoms with E-state index in [-0.39, 0.29) is 0 Å². The van der Waals surface area contributed by atoms with Crippen LogP contribution in [0.2, 0.25) is 0 Å². The fraction of sp³-hybridized carbons (Fsp3) is 0.647. The standard InChI is InChI=1S/C17H28BrNO/c1-4-5-6-7-8-9-10-16(19-2)14-11-12-17(20-3)15(18)13-14/h11-13,16,19H,4-10H2,1-3H3. The van der Waals surface area contributed by atoms with E-state index in [1.54, 1.807) is 7.11 Å². The molecule has 20 heavy (non-hydrogen) atoms. The molecule has 0 saturated carbocycles. The smallest absolute Gasteiger partial charge is 0.133 e. The van der Waals surface area contributed by atoms with Crippen molar-refractivity contribution in [3.63, 3.8) is 0 Å². The summed E-state index contributed by atoms with van der Waals surface area (Å²) in [6.45, 7) is 2.26.